The van der Waals surface area contributed by atoms with Crippen LogP contribution in [-0.2, 0) is 6.54 Å². The predicted molar refractivity (Wildman–Crippen MR) is 66.2 cm³/mol. The van der Waals surface area contributed by atoms with E-state index in [1.165, 1.54) is 6.33 Å². The predicted octanol–water partition coefficient (Wildman–Crippen LogP) is 1.74. The third-order valence-electron chi connectivity index (χ3n) is 2.23. The van der Waals surface area contributed by atoms with E-state index in [0.29, 0.717) is 12.4 Å². The summed E-state index contributed by atoms with van der Waals surface area (Å²) in [6, 6.07) is 3.88. The second-order valence-electron chi connectivity index (χ2n) is 3.56. The molecule has 2 rings (SSSR count). The number of hydrogen-bond donors (Lipinski definition) is 2. The van der Waals surface area contributed by atoms with Crippen LogP contribution in [0.1, 0.15) is 11.3 Å². The number of pyridine rings is 1. The number of nitrogens with zero attached hydrogens (tertiary/aromatic N) is 2. The van der Waals surface area contributed by atoms with Crippen LogP contribution < -0.4 is 10.9 Å². The minimum absolute atomic E-state index is 0.0626. The van der Waals surface area contributed by atoms with E-state index in [1.807, 2.05) is 19.1 Å². The first-order valence-electron chi connectivity index (χ1n) is 5.05. The second kappa shape index (κ2) is 4.97. The SMILES string of the molecule is Cc1ccc(CNc2nc[nH]c(=O)c2Cl)cn1. The van der Waals surface area contributed by atoms with Crippen molar-refractivity contribution < 1.29 is 0 Å². The summed E-state index contributed by atoms with van der Waals surface area (Å²) in [5.74, 6) is 0.371. The van der Waals surface area contributed by atoms with Crippen molar-refractivity contribution in [3.05, 3.63) is 51.3 Å². The average Bonchev–Trinajstić information content (AvgIpc) is 2.33. The minimum Gasteiger partial charge on any atom is -0.364 e. The van der Waals surface area contributed by atoms with Crippen LogP contribution in [0.3, 0.4) is 0 Å². The van der Waals surface area contributed by atoms with Crippen LogP contribution in [0, 0.1) is 6.92 Å². The lowest BCUT2D eigenvalue weighted by atomic mass is 10.2. The molecule has 0 saturated heterocycles. The Morgan fingerprint density at radius 3 is 2.94 bits per heavy atom. The zero-order chi connectivity index (χ0) is 12.3. The van der Waals surface area contributed by atoms with Gasteiger partial charge in [0.1, 0.15) is 5.02 Å². The van der Waals surface area contributed by atoms with Gasteiger partial charge in [0, 0.05) is 18.4 Å². The molecule has 0 amide bonds. The molecule has 0 saturated carbocycles. The first-order chi connectivity index (χ1) is 8.16. The van der Waals surface area contributed by atoms with Gasteiger partial charge in [-0.2, -0.15) is 0 Å². The van der Waals surface area contributed by atoms with Crippen molar-refractivity contribution in [2.45, 2.75) is 13.5 Å². The standard InChI is InChI=1S/C11H11ClN4O/c1-7-2-3-8(4-13-7)5-14-10-9(12)11(17)16-6-15-10/h2-4,6H,5H2,1H3,(H2,14,15,16,17). The van der Waals surface area contributed by atoms with E-state index >= 15 is 0 Å². The highest BCUT2D eigenvalue weighted by Gasteiger charge is 2.04. The molecule has 0 aliphatic carbocycles. The summed E-state index contributed by atoms with van der Waals surface area (Å²) in [6.45, 7) is 2.44. The Kier molecular flexibility index (Phi) is 3.39. The van der Waals surface area contributed by atoms with Crippen molar-refractivity contribution in [1.82, 2.24) is 15.0 Å². The molecule has 6 heteroatoms. The molecule has 0 fully saturated rings. The molecule has 88 valence electrons. The summed E-state index contributed by atoms with van der Waals surface area (Å²) in [4.78, 5) is 21.7. The summed E-state index contributed by atoms with van der Waals surface area (Å²) in [5.41, 5.74) is 1.60. The molecule has 2 aromatic rings. The van der Waals surface area contributed by atoms with E-state index < -0.39 is 0 Å². The minimum atomic E-state index is -0.355. The number of hydrogen-bond acceptors (Lipinski definition) is 4. The van der Waals surface area contributed by atoms with Crippen LogP contribution >= 0.6 is 11.6 Å². The van der Waals surface area contributed by atoms with Gasteiger partial charge < -0.3 is 10.3 Å². The van der Waals surface area contributed by atoms with Crippen LogP contribution in [-0.4, -0.2) is 15.0 Å². The molecule has 0 radical (unpaired) electrons. The molecule has 17 heavy (non-hydrogen) atoms. The molecule has 0 spiro atoms. The normalized spacial score (nSPS) is 10.2. The first-order valence-corrected chi connectivity index (χ1v) is 5.43. The molecule has 2 N–H and O–H groups in total. The topological polar surface area (TPSA) is 70.7 Å². The molecule has 0 aliphatic rings. The van der Waals surface area contributed by atoms with E-state index in [4.69, 9.17) is 11.6 Å². The first kappa shape index (κ1) is 11.6. The number of aryl methyl sites for hydroxylation is 1. The maximum Gasteiger partial charge on any atom is 0.271 e. The van der Waals surface area contributed by atoms with Gasteiger partial charge in [0.2, 0.25) is 0 Å². The number of anilines is 1. The van der Waals surface area contributed by atoms with Crippen molar-refractivity contribution >= 4 is 17.4 Å². The summed E-state index contributed by atoms with van der Waals surface area (Å²) < 4.78 is 0. The molecule has 5 nitrogen and oxygen atoms in total. The summed E-state index contributed by atoms with van der Waals surface area (Å²) in [7, 11) is 0. The fraction of sp³-hybridized carbons (Fsp3) is 0.182. The van der Waals surface area contributed by atoms with Crippen molar-refractivity contribution in [2.24, 2.45) is 0 Å². The zero-order valence-corrected chi connectivity index (χ0v) is 9.95. The van der Waals surface area contributed by atoms with Crippen molar-refractivity contribution in [3.63, 3.8) is 0 Å². The van der Waals surface area contributed by atoms with Crippen molar-refractivity contribution in [2.75, 3.05) is 5.32 Å². The second-order valence-corrected chi connectivity index (χ2v) is 3.93. The molecule has 0 aliphatic heterocycles. The quantitative estimate of drug-likeness (QED) is 0.871. The van der Waals surface area contributed by atoms with Gasteiger partial charge in [-0.25, -0.2) is 4.98 Å². The Morgan fingerprint density at radius 2 is 2.24 bits per heavy atom. The number of halogens is 1. The third-order valence-corrected chi connectivity index (χ3v) is 2.58. The summed E-state index contributed by atoms with van der Waals surface area (Å²) in [5, 5.41) is 3.05. The van der Waals surface area contributed by atoms with Gasteiger partial charge in [-0.15, -0.1) is 0 Å². The van der Waals surface area contributed by atoms with Gasteiger partial charge in [-0.3, -0.25) is 9.78 Å². The molecule has 0 bridgehead atoms. The molecule has 0 unspecified atom stereocenters. The van der Waals surface area contributed by atoms with E-state index in [9.17, 15) is 4.79 Å². The number of aromatic amines is 1. The van der Waals surface area contributed by atoms with Gasteiger partial charge in [0.25, 0.3) is 5.56 Å². The van der Waals surface area contributed by atoms with Crippen LogP contribution in [0.5, 0.6) is 0 Å². The molecule has 2 heterocycles. The van der Waals surface area contributed by atoms with Crippen LogP contribution in [0.2, 0.25) is 5.02 Å². The van der Waals surface area contributed by atoms with E-state index in [1.54, 1.807) is 6.20 Å². The number of aromatic nitrogens is 3. The Labute approximate surface area is 103 Å². The van der Waals surface area contributed by atoms with Crippen LogP contribution in [0.25, 0.3) is 0 Å². The molecular weight excluding hydrogens is 240 g/mol. The van der Waals surface area contributed by atoms with E-state index in [-0.39, 0.29) is 10.6 Å². The fourth-order valence-corrected chi connectivity index (χ4v) is 1.47. The highest BCUT2D eigenvalue weighted by molar-refractivity contribution is 6.32. The third kappa shape index (κ3) is 2.82. The fourth-order valence-electron chi connectivity index (χ4n) is 1.30. The monoisotopic (exact) mass is 250 g/mol. The summed E-state index contributed by atoms with van der Waals surface area (Å²) in [6.07, 6.45) is 3.08. The molecule has 0 aromatic carbocycles. The number of nitrogens with one attached hydrogen (secondary N) is 2. The maximum atomic E-state index is 11.2. The zero-order valence-electron chi connectivity index (χ0n) is 9.20. The Morgan fingerprint density at radius 1 is 1.41 bits per heavy atom. The van der Waals surface area contributed by atoms with Gasteiger partial charge in [0.15, 0.2) is 5.82 Å². The Bertz CT molecular complexity index is 564. The van der Waals surface area contributed by atoms with Gasteiger partial charge in [0.05, 0.1) is 6.33 Å². The molecule has 2 aromatic heterocycles. The van der Waals surface area contributed by atoms with E-state index in [2.05, 4.69) is 20.3 Å². The van der Waals surface area contributed by atoms with Gasteiger partial charge in [-0.05, 0) is 18.6 Å². The Balaban J connectivity index is 2.10. The maximum absolute atomic E-state index is 11.2. The highest BCUT2D eigenvalue weighted by Crippen LogP contribution is 2.13. The lowest BCUT2D eigenvalue weighted by molar-refractivity contribution is 1.04. The average molecular weight is 251 g/mol. The van der Waals surface area contributed by atoms with Gasteiger partial charge in [-0.1, -0.05) is 17.7 Å². The van der Waals surface area contributed by atoms with Crippen LogP contribution in [0.4, 0.5) is 5.82 Å². The lowest BCUT2D eigenvalue weighted by Crippen LogP contribution is -2.11. The van der Waals surface area contributed by atoms with Crippen molar-refractivity contribution in [3.8, 4) is 0 Å². The molecule has 0 atom stereocenters. The molecular formula is C11H11ClN4O. The Hall–Kier alpha value is -1.88. The lowest BCUT2D eigenvalue weighted by Gasteiger charge is -2.06. The largest absolute Gasteiger partial charge is 0.364 e. The van der Waals surface area contributed by atoms with Crippen LogP contribution in [0.15, 0.2) is 29.5 Å². The van der Waals surface area contributed by atoms with E-state index in [0.717, 1.165) is 11.3 Å². The van der Waals surface area contributed by atoms with Gasteiger partial charge >= 0.3 is 0 Å². The summed E-state index contributed by atoms with van der Waals surface area (Å²) >= 11 is 5.80. The number of rotatable bonds is 3. The van der Waals surface area contributed by atoms with Crippen molar-refractivity contribution in [1.29, 1.82) is 0 Å². The smallest absolute Gasteiger partial charge is 0.271 e. The number of H-pyrrole nitrogens is 1. The highest BCUT2D eigenvalue weighted by atomic mass is 35.5.